The van der Waals surface area contributed by atoms with E-state index in [0.29, 0.717) is 11.3 Å². The molecule has 0 aliphatic rings. The average molecular weight is 327 g/mol. The Morgan fingerprint density at radius 2 is 2.08 bits per heavy atom. The van der Waals surface area contributed by atoms with Crippen molar-refractivity contribution in [3.8, 4) is 5.75 Å². The van der Waals surface area contributed by atoms with Crippen LogP contribution in [0.2, 0.25) is 0 Å². The fourth-order valence-corrected chi connectivity index (χ4v) is 2.03. The van der Waals surface area contributed by atoms with Crippen LogP contribution in [-0.2, 0) is 4.79 Å². The molecule has 0 atom stereocenters. The number of carbonyl (C=O) groups excluding carboxylic acids is 1. The normalized spacial score (nSPS) is 10.6. The van der Waals surface area contributed by atoms with Gasteiger partial charge in [0.05, 0.1) is 11.1 Å². The van der Waals surface area contributed by atoms with E-state index in [1.807, 2.05) is 32.0 Å². The topological polar surface area (TPSA) is 93.8 Å². The maximum atomic E-state index is 11.7. The molecule has 0 saturated carbocycles. The highest BCUT2D eigenvalue weighted by Crippen LogP contribution is 2.18. The van der Waals surface area contributed by atoms with Gasteiger partial charge in [-0.05, 0) is 25.5 Å². The molecule has 24 heavy (non-hydrogen) atoms. The highest BCUT2D eigenvalue weighted by molar-refractivity contribution is 5.83. The first kappa shape index (κ1) is 17.1. The van der Waals surface area contributed by atoms with Gasteiger partial charge >= 0.3 is 0 Å². The quantitative estimate of drug-likeness (QED) is 0.501. The number of amides is 1. The number of rotatable bonds is 6. The van der Waals surface area contributed by atoms with E-state index in [0.717, 1.165) is 11.1 Å². The summed E-state index contributed by atoms with van der Waals surface area (Å²) >= 11 is 0. The highest BCUT2D eigenvalue weighted by atomic mass is 16.6. The van der Waals surface area contributed by atoms with Crippen LogP contribution in [-0.4, -0.2) is 23.7 Å². The lowest BCUT2D eigenvalue weighted by Crippen LogP contribution is -2.24. The van der Waals surface area contributed by atoms with Crippen LogP contribution in [0.5, 0.6) is 5.75 Å². The van der Waals surface area contributed by atoms with E-state index in [-0.39, 0.29) is 12.3 Å². The monoisotopic (exact) mass is 327 g/mol. The molecule has 2 aromatic carbocycles. The smallest absolute Gasteiger partial charge is 0.277 e. The van der Waals surface area contributed by atoms with Crippen molar-refractivity contribution in [2.45, 2.75) is 13.8 Å². The SMILES string of the molecule is Cc1ccc(OCC(=O)NN=Cc2cccc([N+](=O)[O-])c2)c(C)c1. The zero-order chi connectivity index (χ0) is 17.5. The van der Waals surface area contributed by atoms with Crippen molar-refractivity contribution in [1.82, 2.24) is 5.43 Å². The van der Waals surface area contributed by atoms with Crippen molar-refractivity contribution in [2.75, 3.05) is 6.61 Å². The van der Waals surface area contributed by atoms with Gasteiger partial charge in [0.2, 0.25) is 0 Å². The molecule has 0 radical (unpaired) electrons. The molecule has 0 spiro atoms. The number of nitrogens with zero attached hydrogens (tertiary/aromatic N) is 2. The molecule has 0 aliphatic heterocycles. The molecule has 0 aliphatic carbocycles. The van der Waals surface area contributed by atoms with Gasteiger partial charge in [-0.2, -0.15) is 5.10 Å². The Morgan fingerprint density at radius 3 is 2.79 bits per heavy atom. The fourth-order valence-electron chi connectivity index (χ4n) is 2.03. The van der Waals surface area contributed by atoms with Gasteiger partial charge in [0.25, 0.3) is 11.6 Å². The van der Waals surface area contributed by atoms with E-state index in [1.165, 1.54) is 18.3 Å². The van der Waals surface area contributed by atoms with Crippen molar-refractivity contribution < 1.29 is 14.5 Å². The number of nitrogens with one attached hydrogen (secondary N) is 1. The van der Waals surface area contributed by atoms with Gasteiger partial charge in [0.15, 0.2) is 6.61 Å². The molecule has 0 heterocycles. The van der Waals surface area contributed by atoms with Crippen LogP contribution in [0.15, 0.2) is 47.6 Å². The number of nitro benzene ring substituents is 1. The van der Waals surface area contributed by atoms with Crippen LogP contribution in [0.3, 0.4) is 0 Å². The molecule has 2 rings (SSSR count). The molecule has 124 valence electrons. The minimum Gasteiger partial charge on any atom is -0.483 e. The van der Waals surface area contributed by atoms with Gasteiger partial charge < -0.3 is 4.74 Å². The summed E-state index contributed by atoms with van der Waals surface area (Å²) in [6.45, 7) is 3.71. The third-order valence-corrected chi connectivity index (χ3v) is 3.17. The largest absolute Gasteiger partial charge is 0.483 e. The van der Waals surface area contributed by atoms with Crippen molar-refractivity contribution in [3.63, 3.8) is 0 Å². The Bertz CT molecular complexity index is 787. The van der Waals surface area contributed by atoms with Crippen LogP contribution in [0.4, 0.5) is 5.69 Å². The van der Waals surface area contributed by atoms with Crippen molar-refractivity contribution in [2.24, 2.45) is 5.10 Å². The highest BCUT2D eigenvalue weighted by Gasteiger charge is 2.05. The molecule has 7 heteroatoms. The van der Waals surface area contributed by atoms with Crippen LogP contribution < -0.4 is 10.2 Å². The molecule has 0 saturated heterocycles. The molecule has 2 aromatic rings. The first-order chi connectivity index (χ1) is 11.5. The molecule has 7 nitrogen and oxygen atoms in total. The van der Waals surface area contributed by atoms with Gasteiger partial charge in [-0.15, -0.1) is 0 Å². The van der Waals surface area contributed by atoms with Gasteiger partial charge in [0, 0.05) is 17.7 Å². The summed E-state index contributed by atoms with van der Waals surface area (Å²) in [4.78, 5) is 21.9. The average Bonchev–Trinajstić information content (AvgIpc) is 2.54. The van der Waals surface area contributed by atoms with Gasteiger partial charge in [-0.25, -0.2) is 5.43 Å². The van der Waals surface area contributed by atoms with Gasteiger partial charge in [0.1, 0.15) is 5.75 Å². The number of benzene rings is 2. The number of carbonyl (C=O) groups is 1. The van der Waals surface area contributed by atoms with E-state index in [4.69, 9.17) is 4.74 Å². The van der Waals surface area contributed by atoms with E-state index in [1.54, 1.807) is 12.1 Å². The van der Waals surface area contributed by atoms with Gasteiger partial charge in [-0.3, -0.25) is 14.9 Å². The summed E-state index contributed by atoms with van der Waals surface area (Å²) < 4.78 is 5.43. The summed E-state index contributed by atoms with van der Waals surface area (Å²) in [5, 5.41) is 14.4. The fraction of sp³-hybridized carbons (Fsp3) is 0.176. The lowest BCUT2D eigenvalue weighted by Gasteiger charge is -2.08. The van der Waals surface area contributed by atoms with Gasteiger partial charge in [-0.1, -0.05) is 29.8 Å². The first-order valence-corrected chi connectivity index (χ1v) is 7.22. The summed E-state index contributed by atoms with van der Waals surface area (Å²) in [7, 11) is 0. The summed E-state index contributed by atoms with van der Waals surface area (Å²) in [6, 6.07) is 11.6. The van der Waals surface area contributed by atoms with Crippen LogP contribution >= 0.6 is 0 Å². The lowest BCUT2D eigenvalue weighted by molar-refractivity contribution is -0.384. The maximum Gasteiger partial charge on any atom is 0.277 e. The number of ether oxygens (including phenoxy) is 1. The van der Waals surface area contributed by atoms with E-state index in [9.17, 15) is 14.9 Å². The molecular formula is C17H17N3O4. The van der Waals surface area contributed by atoms with Crippen molar-refractivity contribution >= 4 is 17.8 Å². The van der Waals surface area contributed by atoms with E-state index < -0.39 is 10.8 Å². The Balaban J connectivity index is 1.86. The third-order valence-electron chi connectivity index (χ3n) is 3.17. The number of hydrazone groups is 1. The minimum absolute atomic E-state index is 0.0385. The Kier molecular flexibility index (Phi) is 5.62. The zero-order valence-electron chi connectivity index (χ0n) is 13.4. The number of nitro groups is 1. The zero-order valence-corrected chi connectivity index (χ0v) is 13.4. The maximum absolute atomic E-state index is 11.7. The second-order valence-electron chi connectivity index (χ2n) is 5.20. The van der Waals surface area contributed by atoms with Crippen LogP contribution in [0.25, 0.3) is 0 Å². The second kappa shape index (κ2) is 7.87. The standard InChI is InChI=1S/C17H17N3O4/c1-12-6-7-16(13(2)8-12)24-11-17(21)19-18-10-14-4-3-5-15(9-14)20(22)23/h3-10H,11H2,1-2H3,(H,19,21). The molecule has 0 aromatic heterocycles. The predicted molar refractivity (Wildman–Crippen MR) is 90.2 cm³/mol. The first-order valence-electron chi connectivity index (χ1n) is 7.22. The van der Waals surface area contributed by atoms with Crippen molar-refractivity contribution in [3.05, 3.63) is 69.3 Å². The summed E-state index contributed by atoms with van der Waals surface area (Å²) in [5.74, 6) is 0.218. The minimum atomic E-state index is -0.492. The predicted octanol–water partition coefficient (Wildman–Crippen LogP) is 2.74. The third kappa shape index (κ3) is 4.91. The Hall–Kier alpha value is -3.22. The summed E-state index contributed by atoms with van der Waals surface area (Å²) in [5.41, 5.74) is 4.86. The Morgan fingerprint density at radius 1 is 1.29 bits per heavy atom. The summed E-state index contributed by atoms with van der Waals surface area (Å²) in [6.07, 6.45) is 1.34. The molecule has 0 unspecified atom stereocenters. The lowest BCUT2D eigenvalue weighted by atomic mass is 10.1. The number of non-ortho nitro benzene ring substituents is 1. The number of hydrogen-bond donors (Lipinski definition) is 1. The molecule has 1 N–H and O–H groups in total. The van der Waals surface area contributed by atoms with Crippen LogP contribution in [0, 0.1) is 24.0 Å². The van der Waals surface area contributed by atoms with Crippen LogP contribution in [0.1, 0.15) is 16.7 Å². The molecular weight excluding hydrogens is 310 g/mol. The van der Waals surface area contributed by atoms with E-state index in [2.05, 4.69) is 10.5 Å². The molecule has 1 amide bonds. The number of hydrogen-bond acceptors (Lipinski definition) is 5. The van der Waals surface area contributed by atoms with E-state index >= 15 is 0 Å². The molecule has 0 fully saturated rings. The number of aryl methyl sites for hydroxylation is 2. The van der Waals surface area contributed by atoms with Crippen molar-refractivity contribution in [1.29, 1.82) is 0 Å². The molecule has 0 bridgehead atoms. The Labute approximate surface area is 139 Å². The second-order valence-corrected chi connectivity index (χ2v) is 5.20.